The summed E-state index contributed by atoms with van der Waals surface area (Å²) in [5.41, 5.74) is 3.09. The number of aldehydes is 1. The second-order valence-electron chi connectivity index (χ2n) is 3.97. The lowest BCUT2D eigenvalue weighted by Gasteiger charge is -2.29. The van der Waals surface area contributed by atoms with Crippen LogP contribution in [0.1, 0.15) is 10.4 Å². The van der Waals surface area contributed by atoms with Gasteiger partial charge < -0.3 is 4.90 Å². The summed E-state index contributed by atoms with van der Waals surface area (Å²) in [7, 11) is 2.05. The Labute approximate surface area is 104 Å². The third-order valence-electron chi connectivity index (χ3n) is 2.93. The van der Waals surface area contributed by atoms with Crippen molar-refractivity contribution in [3.8, 4) is 0 Å². The lowest BCUT2D eigenvalue weighted by Crippen LogP contribution is -2.14. The Kier molecular flexibility index (Phi) is 2.41. The Bertz CT molecular complexity index is 595. The standard InChI is InChI=1S/C14H11NOS/c1-15-11-4-2-3-5-13(11)17-14-8-10(9-16)6-7-12(14)15/h2-9H,1H3. The summed E-state index contributed by atoms with van der Waals surface area (Å²) in [6, 6.07) is 14.1. The Morgan fingerprint density at radius 1 is 1.06 bits per heavy atom. The van der Waals surface area contributed by atoms with Gasteiger partial charge in [0.1, 0.15) is 6.29 Å². The maximum atomic E-state index is 10.8. The van der Waals surface area contributed by atoms with Crippen molar-refractivity contribution >= 4 is 29.4 Å². The van der Waals surface area contributed by atoms with Crippen LogP contribution >= 0.6 is 11.8 Å². The fourth-order valence-corrected chi connectivity index (χ4v) is 3.23. The van der Waals surface area contributed by atoms with Crippen molar-refractivity contribution in [1.29, 1.82) is 0 Å². The van der Waals surface area contributed by atoms with E-state index in [1.165, 1.54) is 10.6 Å². The van der Waals surface area contributed by atoms with E-state index in [-0.39, 0.29) is 0 Å². The molecule has 1 aliphatic rings. The Balaban J connectivity index is 2.15. The lowest BCUT2D eigenvalue weighted by atomic mass is 10.2. The average Bonchev–Trinajstić information content (AvgIpc) is 2.38. The largest absolute Gasteiger partial charge is 0.343 e. The molecule has 0 amide bonds. The number of para-hydroxylation sites is 1. The number of carbonyl (C=O) groups is 1. The summed E-state index contributed by atoms with van der Waals surface area (Å²) >= 11 is 1.72. The molecule has 0 unspecified atom stereocenters. The van der Waals surface area contributed by atoms with Crippen molar-refractivity contribution < 1.29 is 4.79 Å². The number of nitrogens with zero attached hydrogens (tertiary/aromatic N) is 1. The first-order valence-corrected chi connectivity index (χ1v) is 6.21. The van der Waals surface area contributed by atoms with Gasteiger partial charge in [-0.3, -0.25) is 4.79 Å². The van der Waals surface area contributed by atoms with Gasteiger partial charge in [-0.25, -0.2) is 0 Å². The molecule has 2 nitrogen and oxygen atoms in total. The molecule has 2 aromatic carbocycles. The first kappa shape index (κ1) is 10.4. The van der Waals surface area contributed by atoms with Gasteiger partial charge in [0.05, 0.1) is 11.4 Å². The minimum absolute atomic E-state index is 0.726. The van der Waals surface area contributed by atoms with E-state index < -0.39 is 0 Å². The van der Waals surface area contributed by atoms with Crippen LogP contribution < -0.4 is 4.90 Å². The molecule has 0 aliphatic carbocycles. The van der Waals surface area contributed by atoms with E-state index in [1.807, 2.05) is 30.3 Å². The molecule has 0 saturated carbocycles. The highest BCUT2D eigenvalue weighted by Gasteiger charge is 2.20. The number of anilines is 2. The summed E-state index contributed by atoms with van der Waals surface area (Å²) in [5, 5.41) is 0. The number of fused-ring (bicyclic) bond motifs is 2. The highest BCUT2D eigenvalue weighted by atomic mass is 32.2. The maximum absolute atomic E-state index is 10.8. The van der Waals surface area contributed by atoms with Crippen LogP contribution in [0.3, 0.4) is 0 Å². The van der Waals surface area contributed by atoms with Crippen molar-refractivity contribution in [3.05, 3.63) is 48.0 Å². The van der Waals surface area contributed by atoms with Crippen molar-refractivity contribution in [2.75, 3.05) is 11.9 Å². The zero-order valence-corrected chi connectivity index (χ0v) is 10.2. The molecular formula is C14H11NOS. The average molecular weight is 241 g/mol. The van der Waals surface area contributed by atoms with E-state index in [1.54, 1.807) is 11.8 Å². The van der Waals surface area contributed by atoms with Crippen molar-refractivity contribution in [2.24, 2.45) is 0 Å². The summed E-state index contributed by atoms with van der Waals surface area (Å²) in [5.74, 6) is 0. The van der Waals surface area contributed by atoms with E-state index in [4.69, 9.17) is 0 Å². The van der Waals surface area contributed by atoms with Crippen molar-refractivity contribution in [1.82, 2.24) is 0 Å². The van der Waals surface area contributed by atoms with E-state index in [0.29, 0.717) is 0 Å². The topological polar surface area (TPSA) is 20.3 Å². The van der Waals surface area contributed by atoms with Crippen LogP contribution in [0.4, 0.5) is 11.4 Å². The zero-order chi connectivity index (χ0) is 11.8. The second-order valence-corrected chi connectivity index (χ2v) is 5.06. The van der Waals surface area contributed by atoms with Crippen LogP contribution in [0.15, 0.2) is 52.3 Å². The lowest BCUT2D eigenvalue weighted by molar-refractivity contribution is 0.112. The molecule has 84 valence electrons. The molecule has 17 heavy (non-hydrogen) atoms. The van der Waals surface area contributed by atoms with Gasteiger partial charge in [0.2, 0.25) is 0 Å². The first-order valence-electron chi connectivity index (χ1n) is 5.39. The number of hydrogen-bond donors (Lipinski definition) is 0. The van der Waals surface area contributed by atoms with E-state index in [9.17, 15) is 4.79 Å². The van der Waals surface area contributed by atoms with Gasteiger partial charge in [-0.05, 0) is 30.3 Å². The molecule has 0 spiro atoms. The number of rotatable bonds is 1. The zero-order valence-electron chi connectivity index (χ0n) is 9.38. The molecule has 0 fully saturated rings. The van der Waals surface area contributed by atoms with Crippen LogP contribution in [0.2, 0.25) is 0 Å². The van der Waals surface area contributed by atoms with Crippen LogP contribution in [-0.2, 0) is 0 Å². The fraction of sp³-hybridized carbons (Fsp3) is 0.0714. The minimum atomic E-state index is 0.726. The molecule has 3 rings (SSSR count). The number of benzene rings is 2. The monoisotopic (exact) mass is 241 g/mol. The van der Waals surface area contributed by atoms with Gasteiger partial charge in [-0.2, -0.15) is 0 Å². The first-order chi connectivity index (χ1) is 8.29. The summed E-state index contributed by atoms with van der Waals surface area (Å²) in [6.45, 7) is 0. The van der Waals surface area contributed by atoms with Crippen LogP contribution in [0.5, 0.6) is 0 Å². The SMILES string of the molecule is CN1c2ccccc2Sc2cc(C=O)ccc21. The van der Waals surface area contributed by atoms with Crippen molar-refractivity contribution in [2.45, 2.75) is 9.79 Å². The van der Waals surface area contributed by atoms with Gasteiger partial charge in [-0.15, -0.1) is 0 Å². The van der Waals surface area contributed by atoms with Gasteiger partial charge in [0.25, 0.3) is 0 Å². The van der Waals surface area contributed by atoms with Gasteiger partial charge >= 0.3 is 0 Å². The third-order valence-corrected chi connectivity index (χ3v) is 4.04. The molecule has 1 heterocycles. The molecule has 0 N–H and O–H groups in total. The molecular weight excluding hydrogens is 230 g/mol. The number of carbonyl (C=O) groups excluding carboxylic acids is 1. The molecule has 3 heteroatoms. The molecule has 0 aromatic heterocycles. The second kappa shape index (κ2) is 3.93. The summed E-state index contributed by atoms with van der Waals surface area (Å²) in [6.07, 6.45) is 0.890. The number of hydrogen-bond acceptors (Lipinski definition) is 3. The van der Waals surface area contributed by atoms with Gasteiger partial charge in [0, 0.05) is 22.4 Å². The Hall–Kier alpha value is -1.74. The van der Waals surface area contributed by atoms with Crippen molar-refractivity contribution in [3.63, 3.8) is 0 Å². The quantitative estimate of drug-likeness (QED) is 0.709. The summed E-state index contributed by atoms with van der Waals surface area (Å²) < 4.78 is 0. The third kappa shape index (κ3) is 1.63. The van der Waals surface area contributed by atoms with E-state index in [2.05, 4.69) is 24.1 Å². The highest BCUT2D eigenvalue weighted by molar-refractivity contribution is 7.99. The Morgan fingerprint density at radius 2 is 1.82 bits per heavy atom. The van der Waals surface area contributed by atoms with Gasteiger partial charge in [-0.1, -0.05) is 23.9 Å². The van der Waals surface area contributed by atoms with Crippen LogP contribution in [0.25, 0.3) is 0 Å². The normalized spacial score (nSPS) is 12.9. The highest BCUT2D eigenvalue weighted by Crippen LogP contribution is 2.47. The minimum Gasteiger partial charge on any atom is -0.343 e. The smallest absolute Gasteiger partial charge is 0.150 e. The van der Waals surface area contributed by atoms with Gasteiger partial charge in [0.15, 0.2) is 0 Å². The predicted molar refractivity (Wildman–Crippen MR) is 70.5 cm³/mol. The molecule has 1 aliphatic heterocycles. The Morgan fingerprint density at radius 3 is 2.65 bits per heavy atom. The molecule has 0 bridgehead atoms. The predicted octanol–water partition coefficient (Wildman–Crippen LogP) is 3.73. The van der Waals surface area contributed by atoms with E-state index in [0.717, 1.165) is 22.4 Å². The molecule has 2 aromatic rings. The molecule has 0 saturated heterocycles. The van der Waals surface area contributed by atoms with Crippen LogP contribution in [0, 0.1) is 0 Å². The van der Waals surface area contributed by atoms with Crippen LogP contribution in [-0.4, -0.2) is 13.3 Å². The molecule has 0 radical (unpaired) electrons. The fourth-order valence-electron chi connectivity index (χ4n) is 2.03. The maximum Gasteiger partial charge on any atom is 0.150 e. The molecule has 0 atom stereocenters. The van der Waals surface area contributed by atoms with E-state index >= 15 is 0 Å². The summed E-state index contributed by atoms with van der Waals surface area (Å²) in [4.78, 5) is 15.3.